The van der Waals surface area contributed by atoms with E-state index in [2.05, 4.69) is 21.6 Å². The molecule has 0 unspecified atom stereocenters. The highest BCUT2D eigenvalue weighted by molar-refractivity contribution is 9.26. The van der Waals surface area contributed by atoms with E-state index in [4.69, 9.17) is 0 Å². The molecule has 2 fully saturated rings. The smallest absolute Gasteiger partial charge is 0.0159 e. The highest BCUT2D eigenvalue weighted by atomic mass is 33.7. The summed E-state index contributed by atoms with van der Waals surface area (Å²) in [5.41, 5.74) is 0. The topological polar surface area (TPSA) is 0 Å². The number of hydrogen-bond acceptors (Lipinski definition) is 4. The van der Waals surface area contributed by atoms with E-state index in [1.54, 1.807) is 0 Å². The molecule has 0 aliphatic heterocycles. The first-order valence-corrected chi connectivity index (χ1v) is 11.5. The Balaban J connectivity index is 1.47. The van der Waals surface area contributed by atoms with Gasteiger partial charge in [-0.05, 0) is 45.3 Å². The first kappa shape index (κ1) is 13.8. The maximum atomic E-state index is 2.14. The van der Waals surface area contributed by atoms with Crippen LogP contribution in [0.3, 0.4) is 0 Å². The van der Waals surface area contributed by atoms with Crippen molar-refractivity contribution in [1.82, 2.24) is 0 Å². The Morgan fingerprint density at radius 2 is 0.875 bits per heavy atom. The largest absolute Gasteiger partial charge is 0.0783 e. The summed E-state index contributed by atoms with van der Waals surface area (Å²) in [7, 11) is 8.39. The van der Waals surface area contributed by atoms with E-state index in [1.165, 1.54) is 64.2 Å². The van der Waals surface area contributed by atoms with Gasteiger partial charge in [0.05, 0.1) is 0 Å². The summed E-state index contributed by atoms with van der Waals surface area (Å²) in [6.45, 7) is 0. The second-order valence-electron chi connectivity index (χ2n) is 4.85. The third-order valence-corrected chi connectivity index (χ3v) is 10.9. The maximum Gasteiger partial charge on any atom is 0.0159 e. The molecule has 2 aliphatic rings. The molecule has 4 heteroatoms. The van der Waals surface area contributed by atoms with Crippen LogP contribution in [0.15, 0.2) is 0 Å². The lowest BCUT2D eigenvalue weighted by Gasteiger charge is -2.21. The predicted octanol–water partition coefficient (Wildman–Crippen LogP) is 6.33. The van der Waals surface area contributed by atoms with Gasteiger partial charge in [0.2, 0.25) is 0 Å². The summed E-state index contributed by atoms with van der Waals surface area (Å²) in [6, 6.07) is 0. The van der Waals surface area contributed by atoms with Gasteiger partial charge in [0.15, 0.2) is 0 Å². The molecule has 0 aromatic rings. The number of rotatable bonds is 5. The summed E-state index contributed by atoms with van der Waals surface area (Å²) < 4.78 is 0. The highest BCUT2D eigenvalue weighted by Crippen LogP contribution is 2.50. The number of hydrogen-bond donors (Lipinski definition) is 0. The van der Waals surface area contributed by atoms with Crippen molar-refractivity contribution < 1.29 is 0 Å². The van der Waals surface area contributed by atoms with Crippen molar-refractivity contribution in [3.63, 3.8) is 0 Å². The summed E-state index contributed by atoms with van der Waals surface area (Å²) in [4.78, 5) is 0. The molecule has 0 nitrogen and oxygen atoms in total. The van der Waals surface area contributed by atoms with Crippen LogP contribution in [-0.4, -0.2) is 10.5 Å². The fourth-order valence-electron chi connectivity index (χ4n) is 2.47. The molecule has 0 amide bonds. The molecule has 2 aliphatic carbocycles. The molecule has 2 rings (SSSR count). The fraction of sp³-hybridized carbons (Fsp3) is 1.00. The first-order valence-electron chi connectivity index (χ1n) is 6.60. The molecule has 2 saturated carbocycles. The van der Waals surface area contributed by atoms with Gasteiger partial charge in [0, 0.05) is 10.5 Å². The molecule has 0 radical (unpaired) electrons. The Kier molecular flexibility index (Phi) is 7.34. The SMILES string of the molecule is C1CCC(SSSSC2CCCCC2)CC1. The molecule has 0 bridgehead atoms. The van der Waals surface area contributed by atoms with Crippen molar-refractivity contribution in [2.75, 3.05) is 0 Å². The molecule has 0 aromatic carbocycles. The summed E-state index contributed by atoms with van der Waals surface area (Å²) in [6.07, 6.45) is 14.7. The molecule has 0 N–H and O–H groups in total. The van der Waals surface area contributed by atoms with E-state index in [0.29, 0.717) is 0 Å². The van der Waals surface area contributed by atoms with Gasteiger partial charge in [-0.15, -0.1) is 0 Å². The zero-order valence-electron chi connectivity index (χ0n) is 9.86. The van der Waals surface area contributed by atoms with Crippen LogP contribution in [0.25, 0.3) is 0 Å². The molecule has 16 heavy (non-hydrogen) atoms. The van der Waals surface area contributed by atoms with Crippen LogP contribution in [0, 0.1) is 0 Å². The average Bonchev–Trinajstić information content (AvgIpc) is 2.37. The Hall–Kier alpha value is 1.40. The fourth-order valence-corrected chi connectivity index (χ4v) is 10.1. The average molecular weight is 295 g/mol. The lowest BCUT2D eigenvalue weighted by Crippen LogP contribution is -2.06. The second-order valence-corrected chi connectivity index (χ2v) is 11.3. The monoisotopic (exact) mass is 294 g/mol. The van der Waals surface area contributed by atoms with Crippen molar-refractivity contribution in [1.29, 1.82) is 0 Å². The predicted molar refractivity (Wildman–Crippen MR) is 84.1 cm³/mol. The molecule has 0 aromatic heterocycles. The third kappa shape index (κ3) is 5.36. The zero-order valence-corrected chi connectivity index (χ0v) is 13.1. The Labute approximate surface area is 115 Å². The summed E-state index contributed by atoms with van der Waals surface area (Å²) in [5, 5.41) is 1.91. The molecule has 94 valence electrons. The Morgan fingerprint density at radius 3 is 1.25 bits per heavy atom. The molecule has 0 heterocycles. The van der Waals surface area contributed by atoms with Crippen LogP contribution in [0.1, 0.15) is 64.2 Å². The van der Waals surface area contributed by atoms with E-state index in [0.717, 1.165) is 10.5 Å². The second kappa shape index (κ2) is 8.49. The van der Waals surface area contributed by atoms with Crippen molar-refractivity contribution in [2.24, 2.45) is 0 Å². The van der Waals surface area contributed by atoms with Gasteiger partial charge < -0.3 is 0 Å². The zero-order chi connectivity index (χ0) is 11.1. The van der Waals surface area contributed by atoms with E-state index in [9.17, 15) is 0 Å². The van der Waals surface area contributed by atoms with Crippen molar-refractivity contribution in [3.8, 4) is 0 Å². The molecule has 0 saturated heterocycles. The molecule has 0 atom stereocenters. The van der Waals surface area contributed by atoms with Crippen molar-refractivity contribution >= 4 is 41.2 Å². The van der Waals surface area contributed by atoms with E-state index >= 15 is 0 Å². The van der Waals surface area contributed by atoms with E-state index < -0.39 is 0 Å². The lowest BCUT2D eigenvalue weighted by molar-refractivity contribution is 0.517. The van der Waals surface area contributed by atoms with Crippen LogP contribution in [0.5, 0.6) is 0 Å². The first-order chi connectivity index (χ1) is 7.95. The van der Waals surface area contributed by atoms with Crippen molar-refractivity contribution in [3.05, 3.63) is 0 Å². The van der Waals surface area contributed by atoms with Crippen LogP contribution >= 0.6 is 41.2 Å². The lowest BCUT2D eigenvalue weighted by atomic mass is 10.0. The molecular weight excluding hydrogens is 272 g/mol. The van der Waals surface area contributed by atoms with Gasteiger partial charge in [-0.3, -0.25) is 0 Å². The third-order valence-electron chi connectivity index (χ3n) is 3.48. The van der Waals surface area contributed by atoms with Crippen LogP contribution in [0.2, 0.25) is 0 Å². The van der Waals surface area contributed by atoms with Gasteiger partial charge in [-0.2, -0.15) is 0 Å². The Bertz CT molecular complexity index is 154. The van der Waals surface area contributed by atoms with Gasteiger partial charge in [0.25, 0.3) is 0 Å². The standard InChI is InChI=1S/C12H22S4/c1-3-7-11(8-4-1)13-15-16-14-12-9-5-2-6-10-12/h11-12H,1-10H2. The minimum absolute atomic E-state index is 0.957. The normalized spacial score (nSPS) is 24.8. The van der Waals surface area contributed by atoms with Gasteiger partial charge in [-0.1, -0.05) is 60.1 Å². The van der Waals surface area contributed by atoms with Crippen LogP contribution in [-0.2, 0) is 0 Å². The van der Waals surface area contributed by atoms with Crippen LogP contribution < -0.4 is 0 Å². The van der Waals surface area contributed by atoms with Gasteiger partial charge in [0.1, 0.15) is 0 Å². The van der Waals surface area contributed by atoms with Gasteiger partial charge >= 0.3 is 0 Å². The van der Waals surface area contributed by atoms with E-state index in [1.807, 2.05) is 19.7 Å². The quantitative estimate of drug-likeness (QED) is 0.429. The summed E-state index contributed by atoms with van der Waals surface area (Å²) in [5.74, 6) is 0. The highest BCUT2D eigenvalue weighted by Gasteiger charge is 2.16. The molecular formula is C12H22S4. The van der Waals surface area contributed by atoms with E-state index in [-0.39, 0.29) is 0 Å². The Morgan fingerprint density at radius 1 is 0.500 bits per heavy atom. The minimum Gasteiger partial charge on any atom is -0.0783 e. The van der Waals surface area contributed by atoms with Crippen LogP contribution in [0.4, 0.5) is 0 Å². The maximum absolute atomic E-state index is 2.14. The molecule has 0 spiro atoms. The van der Waals surface area contributed by atoms with Gasteiger partial charge in [-0.25, -0.2) is 0 Å². The van der Waals surface area contributed by atoms with Crippen molar-refractivity contribution in [2.45, 2.75) is 74.7 Å². The minimum atomic E-state index is 0.957. The summed E-state index contributed by atoms with van der Waals surface area (Å²) >= 11 is 0.